The van der Waals surface area contributed by atoms with Crippen LogP contribution in [0.25, 0.3) is 0 Å². The number of rotatable bonds is 9. The van der Waals surface area contributed by atoms with Crippen LogP contribution in [0.2, 0.25) is 0 Å². The molecule has 6 heteroatoms. The molecule has 0 aromatic heterocycles. The molecule has 0 heterocycles. The molecule has 23 heavy (non-hydrogen) atoms. The van der Waals surface area contributed by atoms with Crippen molar-refractivity contribution < 1.29 is 29.1 Å². The lowest BCUT2D eigenvalue weighted by atomic mass is 10.0. The van der Waals surface area contributed by atoms with Crippen molar-refractivity contribution in [2.24, 2.45) is 0 Å². The fourth-order valence-electron chi connectivity index (χ4n) is 1.90. The Morgan fingerprint density at radius 1 is 1.00 bits per heavy atom. The quantitative estimate of drug-likeness (QED) is 0.291. The summed E-state index contributed by atoms with van der Waals surface area (Å²) in [5.41, 5.74) is 1.47. The van der Waals surface area contributed by atoms with Gasteiger partial charge in [-0.3, -0.25) is 4.89 Å². The van der Waals surface area contributed by atoms with Crippen molar-refractivity contribution in [2.75, 3.05) is 0 Å². The Kier molecular flexibility index (Phi) is 8.75. The van der Waals surface area contributed by atoms with E-state index in [0.717, 1.165) is 18.4 Å². The van der Waals surface area contributed by atoms with Crippen LogP contribution in [0.5, 0.6) is 0 Å². The van der Waals surface area contributed by atoms with Gasteiger partial charge in [0.05, 0.1) is 16.7 Å². The minimum Gasteiger partial charge on any atom is -0.430 e. The molecule has 0 amide bonds. The first-order valence-corrected chi connectivity index (χ1v) is 7.88. The minimum atomic E-state index is -1.07. The molecule has 0 aliphatic heterocycles. The molecule has 0 N–H and O–H groups in total. The number of ether oxygens (including phenoxy) is 1. The van der Waals surface area contributed by atoms with Crippen LogP contribution in [0.3, 0.4) is 0 Å². The molecule has 6 nitrogen and oxygen atoms in total. The van der Waals surface area contributed by atoms with E-state index in [2.05, 4.69) is 26.5 Å². The summed E-state index contributed by atoms with van der Waals surface area (Å²) in [5.74, 6) is -0.750. The van der Waals surface area contributed by atoms with Crippen molar-refractivity contribution in [3.05, 3.63) is 35.4 Å². The van der Waals surface area contributed by atoms with Gasteiger partial charge in [-0.15, -0.1) is 0 Å². The second kappa shape index (κ2) is 10.6. The van der Waals surface area contributed by atoms with E-state index in [0.29, 0.717) is 5.56 Å². The number of carbonyl (C=O) groups is 2. The zero-order valence-electron chi connectivity index (χ0n) is 13.9. The summed E-state index contributed by atoms with van der Waals surface area (Å²) in [6, 6.07) is 7.04. The van der Waals surface area contributed by atoms with E-state index in [-0.39, 0.29) is 6.10 Å². The monoisotopic (exact) mass is 324 g/mol. The summed E-state index contributed by atoms with van der Waals surface area (Å²) in [6.45, 7) is 5.48. The van der Waals surface area contributed by atoms with Crippen molar-refractivity contribution in [1.29, 1.82) is 0 Å². The van der Waals surface area contributed by atoms with Crippen LogP contribution >= 0.6 is 0 Å². The Balaban J connectivity index is 2.32. The maximum absolute atomic E-state index is 11.7. The van der Waals surface area contributed by atoms with Gasteiger partial charge in [-0.25, -0.2) is 14.5 Å². The fourth-order valence-corrected chi connectivity index (χ4v) is 1.90. The molecule has 128 valence electrons. The predicted molar refractivity (Wildman–Crippen MR) is 83.5 cm³/mol. The smallest absolute Gasteiger partial charge is 0.430 e. The van der Waals surface area contributed by atoms with Crippen molar-refractivity contribution in [3.63, 3.8) is 0 Å². The molecule has 0 bridgehead atoms. The SMILES string of the molecule is CCCCCCc1ccc(C(=O)OOOC(=O)OC(C)C)cc1. The Labute approximate surface area is 136 Å². The van der Waals surface area contributed by atoms with Crippen molar-refractivity contribution in [1.82, 2.24) is 0 Å². The van der Waals surface area contributed by atoms with E-state index in [4.69, 9.17) is 0 Å². The Hall–Kier alpha value is -2.08. The summed E-state index contributed by atoms with van der Waals surface area (Å²) in [4.78, 5) is 31.2. The van der Waals surface area contributed by atoms with Crippen molar-refractivity contribution in [2.45, 2.75) is 59.0 Å². The van der Waals surface area contributed by atoms with E-state index in [9.17, 15) is 9.59 Å². The van der Waals surface area contributed by atoms with Gasteiger partial charge in [0.15, 0.2) is 0 Å². The van der Waals surface area contributed by atoms with E-state index in [1.807, 2.05) is 12.1 Å². The number of unbranched alkanes of at least 4 members (excludes halogenated alkanes) is 3. The van der Waals surface area contributed by atoms with Gasteiger partial charge in [-0.2, -0.15) is 0 Å². The molecule has 0 saturated carbocycles. The second-order valence-corrected chi connectivity index (χ2v) is 5.45. The topological polar surface area (TPSA) is 71.1 Å². The van der Waals surface area contributed by atoms with Gasteiger partial charge in [0.2, 0.25) is 0 Å². The van der Waals surface area contributed by atoms with Crippen LogP contribution in [0.1, 0.15) is 62.4 Å². The van der Waals surface area contributed by atoms with Crippen LogP contribution in [0.15, 0.2) is 24.3 Å². The largest absolute Gasteiger partial charge is 0.543 e. The Morgan fingerprint density at radius 3 is 2.30 bits per heavy atom. The molecular formula is C17H24O6. The van der Waals surface area contributed by atoms with Crippen LogP contribution in [0.4, 0.5) is 4.79 Å². The van der Waals surface area contributed by atoms with Crippen LogP contribution in [-0.4, -0.2) is 18.2 Å². The zero-order chi connectivity index (χ0) is 17.1. The maximum atomic E-state index is 11.7. The molecule has 1 aromatic carbocycles. The summed E-state index contributed by atoms with van der Waals surface area (Å²) in [6.07, 6.45) is 4.33. The number of benzene rings is 1. The van der Waals surface area contributed by atoms with Gasteiger partial charge in [-0.05, 0) is 44.4 Å². The Morgan fingerprint density at radius 2 is 1.70 bits per heavy atom. The first-order chi connectivity index (χ1) is 11.0. The van der Waals surface area contributed by atoms with Gasteiger partial charge in [-0.1, -0.05) is 38.3 Å². The predicted octanol–water partition coefficient (Wildman–Crippen LogP) is 4.37. The second-order valence-electron chi connectivity index (χ2n) is 5.45. The molecule has 0 spiro atoms. The molecule has 0 fully saturated rings. The zero-order valence-corrected chi connectivity index (χ0v) is 13.9. The van der Waals surface area contributed by atoms with E-state index in [1.165, 1.54) is 19.3 Å². The van der Waals surface area contributed by atoms with Gasteiger partial charge >= 0.3 is 12.1 Å². The minimum absolute atomic E-state index is 0.308. The van der Waals surface area contributed by atoms with Crippen molar-refractivity contribution in [3.8, 4) is 0 Å². The lowest BCUT2D eigenvalue weighted by molar-refractivity contribution is -0.452. The average Bonchev–Trinajstić information content (AvgIpc) is 2.51. The highest BCUT2D eigenvalue weighted by atomic mass is 17.5. The average molecular weight is 324 g/mol. The highest BCUT2D eigenvalue weighted by Crippen LogP contribution is 2.11. The van der Waals surface area contributed by atoms with Crippen LogP contribution in [0, 0.1) is 0 Å². The molecule has 0 unspecified atom stereocenters. The molecule has 1 rings (SSSR count). The van der Waals surface area contributed by atoms with Gasteiger partial charge < -0.3 is 4.74 Å². The third kappa shape index (κ3) is 8.21. The van der Waals surface area contributed by atoms with Gasteiger partial charge in [0.25, 0.3) is 0 Å². The molecule has 0 aliphatic rings. The van der Waals surface area contributed by atoms with Gasteiger partial charge in [0.1, 0.15) is 0 Å². The number of carbonyl (C=O) groups excluding carboxylic acids is 2. The first kappa shape index (κ1) is 19.0. The number of aryl methyl sites for hydroxylation is 1. The lowest BCUT2D eigenvalue weighted by Crippen LogP contribution is -2.15. The molecule has 0 saturated heterocycles. The molecule has 0 atom stereocenters. The molecule has 0 aliphatic carbocycles. The highest BCUT2D eigenvalue weighted by Gasteiger charge is 2.13. The van der Waals surface area contributed by atoms with Crippen molar-refractivity contribution >= 4 is 12.1 Å². The van der Waals surface area contributed by atoms with Gasteiger partial charge in [0, 0.05) is 0 Å². The van der Waals surface area contributed by atoms with Crippen LogP contribution in [-0.2, 0) is 26.0 Å². The van der Waals surface area contributed by atoms with Crippen LogP contribution < -0.4 is 0 Å². The molecule has 0 radical (unpaired) electrons. The number of hydrogen-bond donors (Lipinski definition) is 0. The third-order valence-corrected chi connectivity index (χ3v) is 3.05. The Bertz CT molecular complexity index is 480. The van der Waals surface area contributed by atoms with E-state index in [1.54, 1.807) is 26.0 Å². The first-order valence-electron chi connectivity index (χ1n) is 7.88. The standard InChI is InChI=1S/C17H24O6/c1-4-5-6-7-8-14-9-11-15(12-10-14)16(18)21-23-22-17(19)20-13(2)3/h9-13H,4-8H2,1-3H3. The summed E-state index contributed by atoms with van der Waals surface area (Å²) >= 11 is 0. The summed E-state index contributed by atoms with van der Waals surface area (Å²) < 4.78 is 4.63. The van der Waals surface area contributed by atoms with E-state index >= 15 is 0 Å². The molecular weight excluding hydrogens is 300 g/mol. The lowest BCUT2D eigenvalue weighted by Gasteiger charge is -2.06. The number of hydrogen-bond acceptors (Lipinski definition) is 6. The maximum Gasteiger partial charge on any atom is 0.543 e. The van der Waals surface area contributed by atoms with E-state index < -0.39 is 12.1 Å². The normalized spacial score (nSPS) is 10.4. The highest BCUT2D eigenvalue weighted by molar-refractivity contribution is 5.88. The molecule has 1 aromatic rings. The fraction of sp³-hybridized carbons (Fsp3) is 0.529. The summed E-state index contributed by atoms with van der Waals surface area (Å²) in [5, 5.41) is 4.11. The summed E-state index contributed by atoms with van der Waals surface area (Å²) in [7, 11) is 0. The third-order valence-electron chi connectivity index (χ3n) is 3.05.